The molecule has 2 aromatic heterocycles. The molecule has 31 heavy (non-hydrogen) atoms. The zero-order valence-electron chi connectivity index (χ0n) is 17.5. The van der Waals surface area contributed by atoms with Gasteiger partial charge in [0.1, 0.15) is 5.75 Å². The molecule has 9 heteroatoms. The molecule has 1 N–H and O–H groups in total. The highest BCUT2D eigenvalue weighted by molar-refractivity contribution is 7.90. The highest BCUT2D eigenvalue weighted by Crippen LogP contribution is 2.35. The Hall–Kier alpha value is -2.91. The topological polar surface area (TPSA) is 99.0 Å². The van der Waals surface area contributed by atoms with E-state index in [4.69, 9.17) is 9.47 Å². The maximum absolute atomic E-state index is 13.1. The minimum atomic E-state index is -3.60. The average molecular weight is 444 g/mol. The van der Waals surface area contributed by atoms with E-state index in [0.717, 1.165) is 30.4 Å². The number of amides is 1. The fourth-order valence-electron chi connectivity index (χ4n) is 4.05. The number of sulfone groups is 1. The van der Waals surface area contributed by atoms with Crippen LogP contribution in [0.5, 0.6) is 5.75 Å². The van der Waals surface area contributed by atoms with E-state index < -0.39 is 15.7 Å². The normalized spacial score (nSPS) is 16.2. The molecule has 1 saturated heterocycles. The largest absolute Gasteiger partial charge is 0.497 e. The minimum absolute atomic E-state index is 0.0953. The predicted molar refractivity (Wildman–Crippen MR) is 115 cm³/mol. The fraction of sp³-hybridized carbons (Fsp3) is 0.364. The number of aromatic nitrogens is 2. The van der Waals surface area contributed by atoms with Crippen molar-refractivity contribution in [3.63, 3.8) is 0 Å². The van der Waals surface area contributed by atoms with Gasteiger partial charge in [-0.05, 0) is 42.7 Å². The molecule has 0 aliphatic carbocycles. The van der Waals surface area contributed by atoms with E-state index >= 15 is 0 Å². The van der Waals surface area contributed by atoms with Crippen molar-refractivity contribution in [2.75, 3.05) is 33.1 Å². The van der Waals surface area contributed by atoms with Crippen LogP contribution in [0.2, 0.25) is 0 Å². The molecule has 0 bridgehead atoms. The van der Waals surface area contributed by atoms with Crippen molar-refractivity contribution in [3.05, 3.63) is 59.9 Å². The molecule has 8 nitrogen and oxygen atoms in total. The summed E-state index contributed by atoms with van der Waals surface area (Å²) in [4.78, 5) is 17.2. The maximum Gasteiger partial charge on any atom is 0.272 e. The molecule has 1 aliphatic heterocycles. The van der Waals surface area contributed by atoms with Crippen LogP contribution in [-0.4, -0.2) is 56.8 Å². The van der Waals surface area contributed by atoms with Crippen LogP contribution >= 0.6 is 0 Å². The number of carbonyl (C=O) groups is 1. The van der Waals surface area contributed by atoms with Crippen molar-refractivity contribution in [2.45, 2.75) is 23.4 Å². The Bertz CT molecular complexity index is 1200. The molecule has 1 aliphatic rings. The molecule has 3 heterocycles. The number of carbonyl (C=O) groups excluding carboxylic acids is 1. The van der Waals surface area contributed by atoms with Crippen LogP contribution in [0, 0.1) is 0 Å². The second-order valence-corrected chi connectivity index (χ2v) is 9.68. The molecule has 0 radical (unpaired) electrons. The number of benzene rings is 1. The number of methoxy groups -OCH3 is 1. The maximum atomic E-state index is 13.1. The van der Waals surface area contributed by atoms with Gasteiger partial charge in [0, 0.05) is 37.6 Å². The van der Waals surface area contributed by atoms with Crippen LogP contribution in [0.4, 0.5) is 0 Å². The Labute approximate surface area is 181 Å². The lowest BCUT2D eigenvalue weighted by molar-refractivity contribution is 0.0486. The van der Waals surface area contributed by atoms with Gasteiger partial charge >= 0.3 is 0 Å². The van der Waals surface area contributed by atoms with Crippen LogP contribution in [-0.2, 0) is 20.0 Å². The number of hydrogen-bond acceptors (Lipinski definition) is 6. The first kappa shape index (κ1) is 21.3. The number of pyridine rings is 1. The summed E-state index contributed by atoms with van der Waals surface area (Å²) in [7, 11) is -1.97. The molecule has 164 valence electrons. The van der Waals surface area contributed by atoms with E-state index in [0.29, 0.717) is 25.3 Å². The molecule has 3 aromatic rings. The second kappa shape index (κ2) is 8.32. The summed E-state index contributed by atoms with van der Waals surface area (Å²) in [5, 5.41) is 2.85. The smallest absolute Gasteiger partial charge is 0.272 e. The third-order valence-corrected chi connectivity index (χ3v) is 6.75. The van der Waals surface area contributed by atoms with E-state index in [1.165, 1.54) is 4.40 Å². The number of nitrogens with one attached hydrogen (secondary N) is 1. The first-order chi connectivity index (χ1) is 14.8. The van der Waals surface area contributed by atoms with Crippen molar-refractivity contribution in [1.82, 2.24) is 14.7 Å². The zero-order chi connectivity index (χ0) is 22.1. The number of hydrogen-bond donors (Lipinski definition) is 1. The summed E-state index contributed by atoms with van der Waals surface area (Å²) >= 11 is 0. The Morgan fingerprint density at radius 3 is 2.55 bits per heavy atom. The van der Waals surface area contributed by atoms with E-state index in [9.17, 15) is 13.2 Å². The summed E-state index contributed by atoms with van der Waals surface area (Å²) < 4.78 is 36.5. The Balaban J connectivity index is 1.63. The summed E-state index contributed by atoms with van der Waals surface area (Å²) in [6.45, 7) is 1.60. The molecule has 0 unspecified atom stereocenters. The molecule has 1 amide bonds. The quantitative estimate of drug-likeness (QED) is 0.627. The van der Waals surface area contributed by atoms with E-state index in [1.807, 2.05) is 24.3 Å². The van der Waals surface area contributed by atoms with E-state index in [2.05, 4.69) is 10.3 Å². The second-order valence-electron chi connectivity index (χ2n) is 7.77. The van der Waals surface area contributed by atoms with Crippen LogP contribution in [0.1, 0.15) is 28.9 Å². The van der Waals surface area contributed by atoms with Gasteiger partial charge in [-0.1, -0.05) is 18.2 Å². The first-order valence-corrected chi connectivity index (χ1v) is 11.9. The summed E-state index contributed by atoms with van der Waals surface area (Å²) in [5.74, 6) is 0.366. The summed E-state index contributed by atoms with van der Waals surface area (Å²) in [6.07, 6.45) is 4.19. The molecule has 1 aromatic carbocycles. The SMILES string of the molecule is COc1ccc(C2(CNC(=O)c3nc(S(C)(=O)=O)n4ccccc34)CCOCC2)cc1. The van der Waals surface area contributed by atoms with Crippen LogP contribution < -0.4 is 10.1 Å². The van der Waals surface area contributed by atoms with Gasteiger partial charge < -0.3 is 14.8 Å². The lowest BCUT2D eigenvalue weighted by Crippen LogP contribution is -2.44. The number of nitrogens with zero attached hydrogens (tertiary/aromatic N) is 2. The van der Waals surface area contributed by atoms with Crippen molar-refractivity contribution in [1.29, 1.82) is 0 Å². The average Bonchev–Trinajstić information content (AvgIpc) is 3.19. The zero-order valence-corrected chi connectivity index (χ0v) is 18.3. The van der Waals surface area contributed by atoms with Gasteiger partial charge in [0.2, 0.25) is 15.0 Å². The van der Waals surface area contributed by atoms with Gasteiger partial charge in [0.05, 0.1) is 12.6 Å². The lowest BCUT2D eigenvalue weighted by atomic mass is 9.74. The van der Waals surface area contributed by atoms with Gasteiger partial charge in [-0.25, -0.2) is 13.4 Å². The first-order valence-electron chi connectivity index (χ1n) is 10.0. The highest BCUT2D eigenvalue weighted by atomic mass is 32.2. The fourth-order valence-corrected chi connectivity index (χ4v) is 4.82. The van der Waals surface area contributed by atoms with Crippen LogP contribution in [0.15, 0.2) is 53.8 Å². The molecule has 0 spiro atoms. The third kappa shape index (κ3) is 4.15. The Morgan fingerprint density at radius 2 is 1.90 bits per heavy atom. The number of ether oxygens (including phenoxy) is 2. The van der Waals surface area contributed by atoms with Crippen LogP contribution in [0.3, 0.4) is 0 Å². The number of imidazole rings is 1. The Morgan fingerprint density at radius 1 is 1.19 bits per heavy atom. The number of fused-ring (bicyclic) bond motifs is 1. The molecule has 4 rings (SSSR count). The van der Waals surface area contributed by atoms with E-state index in [-0.39, 0.29) is 16.3 Å². The van der Waals surface area contributed by atoms with Gasteiger partial charge in [-0.3, -0.25) is 9.20 Å². The highest BCUT2D eigenvalue weighted by Gasteiger charge is 2.35. The predicted octanol–water partition coefficient (Wildman–Crippen LogP) is 2.22. The van der Waals surface area contributed by atoms with E-state index in [1.54, 1.807) is 31.5 Å². The standard InChI is InChI=1S/C22H25N3O5S/c1-29-17-8-6-16(7-9-17)22(10-13-30-14-11-22)15-23-20(26)19-18-5-3-4-12-25(18)21(24-19)31(2,27)28/h3-9,12H,10-11,13-15H2,1-2H3,(H,23,26). The van der Waals surface area contributed by atoms with Crippen LogP contribution in [0.25, 0.3) is 5.52 Å². The number of rotatable bonds is 6. The van der Waals surface area contributed by atoms with Gasteiger partial charge in [0.25, 0.3) is 5.91 Å². The monoisotopic (exact) mass is 443 g/mol. The van der Waals surface area contributed by atoms with Gasteiger partial charge in [0.15, 0.2) is 5.69 Å². The molecule has 0 saturated carbocycles. The molecular formula is C22H25N3O5S. The van der Waals surface area contributed by atoms with Crippen molar-refractivity contribution < 1.29 is 22.7 Å². The van der Waals surface area contributed by atoms with Gasteiger partial charge in [-0.15, -0.1) is 0 Å². The lowest BCUT2D eigenvalue weighted by Gasteiger charge is -2.38. The Kier molecular flexibility index (Phi) is 5.72. The summed E-state index contributed by atoms with van der Waals surface area (Å²) in [5.41, 5.74) is 1.36. The van der Waals surface area contributed by atoms with Crippen molar-refractivity contribution in [3.8, 4) is 5.75 Å². The third-order valence-electron chi connectivity index (χ3n) is 5.80. The van der Waals surface area contributed by atoms with Crippen molar-refractivity contribution >= 4 is 21.3 Å². The van der Waals surface area contributed by atoms with Gasteiger partial charge in [-0.2, -0.15) is 0 Å². The minimum Gasteiger partial charge on any atom is -0.497 e. The summed E-state index contributed by atoms with van der Waals surface area (Å²) in [6, 6.07) is 13.0. The van der Waals surface area contributed by atoms with Crippen molar-refractivity contribution in [2.24, 2.45) is 0 Å². The molecule has 0 atom stereocenters. The molecular weight excluding hydrogens is 418 g/mol. The molecule has 1 fully saturated rings.